The number of sulfone groups is 1. The summed E-state index contributed by atoms with van der Waals surface area (Å²) in [6, 6.07) is 5.94. The van der Waals surface area contributed by atoms with Gasteiger partial charge in [-0.1, -0.05) is 19.1 Å². The molecular weight excluding hydrogens is 226 g/mol. The zero-order chi connectivity index (χ0) is 12.2. The number of rotatable bonds is 5. The van der Waals surface area contributed by atoms with Crippen molar-refractivity contribution in [3.05, 3.63) is 29.8 Å². The standard InChI is InChI=1S/C11H17NO3S/c1-2-10(12)8-16(14,15)7-9-4-3-5-11(13)6-9/h3-6,10,13H,2,7-8,12H2,1H3. The van der Waals surface area contributed by atoms with Crippen LogP contribution in [-0.4, -0.2) is 25.3 Å². The van der Waals surface area contributed by atoms with E-state index in [9.17, 15) is 13.5 Å². The number of nitrogens with two attached hydrogens (primary N) is 1. The summed E-state index contributed by atoms with van der Waals surface area (Å²) in [5, 5.41) is 9.22. The summed E-state index contributed by atoms with van der Waals surface area (Å²) in [7, 11) is -3.20. The molecule has 0 radical (unpaired) electrons. The van der Waals surface area contributed by atoms with E-state index in [0.29, 0.717) is 12.0 Å². The Morgan fingerprint density at radius 1 is 1.44 bits per heavy atom. The molecule has 1 aromatic rings. The van der Waals surface area contributed by atoms with Crippen molar-refractivity contribution in [1.82, 2.24) is 0 Å². The Morgan fingerprint density at radius 2 is 2.12 bits per heavy atom. The largest absolute Gasteiger partial charge is 0.508 e. The predicted octanol–water partition coefficient (Wildman–Crippen LogP) is 1.04. The van der Waals surface area contributed by atoms with E-state index < -0.39 is 9.84 Å². The van der Waals surface area contributed by atoms with Crippen LogP contribution in [0.5, 0.6) is 5.75 Å². The van der Waals surface area contributed by atoms with Gasteiger partial charge in [0.05, 0.1) is 11.5 Å². The van der Waals surface area contributed by atoms with Crippen molar-refractivity contribution in [2.75, 3.05) is 5.75 Å². The van der Waals surface area contributed by atoms with Crippen molar-refractivity contribution >= 4 is 9.84 Å². The molecule has 16 heavy (non-hydrogen) atoms. The molecule has 90 valence electrons. The van der Waals surface area contributed by atoms with E-state index >= 15 is 0 Å². The lowest BCUT2D eigenvalue weighted by Crippen LogP contribution is -2.29. The highest BCUT2D eigenvalue weighted by atomic mass is 32.2. The second-order valence-electron chi connectivity index (χ2n) is 3.89. The fourth-order valence-corrected chi connectivity index (χ4v) is 3.10. The molecule has 0 bridgehead atoms. The Labute approximate surface area is 96.0 Å². The highest BCUT2D eigenvalue weighted by molar-refractivity contribution is 7.90. The second kappa shape index (κ2) is 5.32. The van der Waals surface area contributed by atoms with Crippen LogP contribution in [0.4, 0.5) is 0 Å². The van der Waals surface area contributed by atoms with Crippen LogP contribution < -0.4 is 5.73 Å². The van der Waals surface area contributed by atoms with Crippen LogP contribution in [0.3, 0.4) is 0 Å². The molecule has 0 aliphatic carbocycles. The predicted molar refractivity (Wildman–Crippen MR) is 63.9 cm³/mol. The first-order chi connectivity index (χ1) is 7.43. The van der Waals surface area contributed by atoms with Gasteiger partial charge in [0.25, 0.3) is 0 Å². The van der Waals surface area contributed by atoms with Crippen LogP contribution in [0.2, 0.25) is 0 Å². The lowest BCUT2D eigenvalue weighted by atomic mass is 10.2. The molecule has 1 atom stereocenters. The minimum Gasteiger partial charge on any atom is -0.508 e. The Kier molecular flexibility index (Phi) is 4.32. The first-order valence-electron chi connectivity index (χ1n) is 5.17. The molecule has 3 N–H and O–H groups in total. The second-order valence-corrected chi connectivity index (χ2v) is 6.00. The zero-order valence-corrected chi connectivity index (χ0v) is 10.1. The number of hydrogen-bond donors (Lipinski definition) is 2. The van der Waals surface area contributed by atoms with Gasteiger partial charge < -0.3 is 10.8 Å². The fourth-order valence-electron chi connectivity index (χ4n) is 1.40. The number of hydrogen-bond acceptors (Lipinski definition) is 4. The third kappa shape index (κ3) is 4.20. The molecule has 1 unspecified atom stereocenters. The van der Waals surface area contributed by atoms with Gasteiger partial charge in [-0.2, -0.15) is 0 Å². The molecule has 0 aliphatic heterocycles. The Hall–Kier alpha value is -1.07. The summed E-state index contributed by atoms with van der Waals surface area (Å²) in [6.45, 7) is 1.86. The normalized spacial score (nSPS) is 13.6. The molecule has 0 spiro atoms. The van der Waals surface area contributed by atoms with Crippen LogP contribution in [0, 0.1) is 0 Å². The highest BCUT2D eigenvalue weighted by Crippen LogP contribution is 2.14. The monoisotopic (exact) mass is 243 g/mol. The summed E-state index contributed by atoms with van der Waals surface area (Å²) in [4.78, 5) is 0. The van der Waals surface area contributed by atoms with Crippen molar-refractivity contribution in [2.45, 2.75) is 25.1 Å². The van der Waals surface area contributed by atoms with E-state index in [1.807, 2.05) is 6.92 Å². The molecule has 0 amide bonds. The summed E-state index contributed by atoms with van der Waals surface area (Å²) < 4.78 is 23.4. The number of benzene rings is 1. The molecular formula is C11H17NO3S. The summed E-state index contributed by atoms with van der Waals surface area (Å²) >= 11 is 0. The molecule has 5 heteroatoms. The minimum absolute atomic E-state index is 0.0147. The highest BCUT2D eigenvalue weighted by Gasteiger charge is 2.15. The third-order valence-corrected chi connectivity index (χ3v) is 4.00. The van der Waals surface area contributed by atoms with Gasteiger partial charge in [0.15, 0.2) is 9.84 Å². The first-order valence-corrected chi connectivity index (χ1v) is 6.99. The van der Waals surface area contributed by atoms with Crippen LogP contribution in [0.25, 0.3) is 0 Å². The molecule has 1 rings (SSSR count). The Morgan fingerprint density at radius 3 is 2.69 bits per heavy atom. The van der Waals surface area contributed by atoms with E-state index in [-0.39, 0.29) is 23.3 Å². The Balaban J connectivity index is 2.73. The van der Waals surface area contributed by atoms with Crippen molar-refractivity contribution < 1.29 is 13.5 Å². The quantitative estimate of drug-likeness (QED) is 0.810. The fraction of sp³-hybridized carbons (Fsp3) is 0.455. The minimum atomic E-state index is -3.20. The van der Waals surface area contributed by atoms with E-state index in [1.165, 1.54) is 12.1 Å². The lowest BCUT2D eigenvalue weighted by molar-refractivity contribution is 0.475. The van der Waals surface area contributed by atoms with Gasteiger partial charge in [-0.3, -0.25) is 0 Å². The van der Waals surface area contributed by atoms with Gasteiger partial charge >= 0.3 is 0 Å². The summed E-state index contributed by atoms with van der Waals surface area (Å²) in [5.41, 5.74) is 6.20. The molecule has 0 saturated heterocycles. The van der Waals surface area contributed by atoms with E-state index in [4.69, 9.17) is 5.73 Å². The number of phenols is 1. The smallest absolute Gasteiger partial charge is 0.155 e. The van der Waals surface area contributed by atoms with E-state index in [0.717, 1.165) is 0 Å². The maximum Gasteiger partial charge on any atom is 0.155 e. The van der Waals surface area contributed by atoms with Gasteiger partial charge in [0.1, 0.15) is 5.75 Å². The molecule has 0 fully saturated rings. The van der Waals surface area contributed by atoms with Crippen molar-refractivity contribution in [1.29, 1.82) is 0 Å². The van der Waals surface area contributed by atoms with Crippen LogP contribution in [-0.2, 0) is 15.6 Å². The third-order valence-electron chi connectivity index (χ3n) is 2.29. The lowest BCUT2D eigenvalue weighted by Gasteiger charge is -2.09. The summed E-state index contributed by atoms with van der Waals surface area (Å²) in [6.07, 6.45) is 0.638. The van der Waals surface area contributed by atoms with Gasteiger partial charge in [-0.15, -0.1) is 0 Å². The van der Waals surface area contributed by atoms with E-state index in [1.54, 1.807) is 12.1 Å². The van der Waals surface area contributed by atoms with Crippen LogP contribution in [0.15, 0.2) is 24.3 Å². The molecule has 0 aliphatic rings. The van der Waals surface area contributed by atoms with Crippen molar-refractivity contribution in [3.63, 3.8) is 0 Å². The van der Waals surface area contributed by atoms with Gasteiger partial charge in [0, 0.05) is 6.04 Å². The van der Waals surface area contributed by atoms with Crippen molar-refractivity contribution in [2.24, 2.45) is 5.73 Å². The maximum absolute atomic E-state index is 11.7. The topological polar surface area (TPSA) is 80.4 Å². The Bertz CT molecular complexity index is 442. The molecule has 4 nitrogen and oxygen atoms in total. The average molecular weight is 243 g/mol. The first kappa shape index (κ1) is 13.0. The number of phenolic OH excluding ortho intramolecular Hbond substituents is 1. The van der Waals surface area contributed by atoms with Gasteiger partial charge in [0.2, 0.25) is 0 Å². The van der Waals surface area contributed by atoms with Crippen LogP contribution in [0.1, 0.15) is 18.9 Å². The molecule has 1 aromatic carbocycles. The molecule has 0 heterocycles. The molecule has 0 saturated carbocycles. The van der Waals surface area contributed by atoms with E-state index in [2.05, 4.69) is 0 Å². The average Bonchev–Trinajstić information content (AvgIpc) is 2.15. The SMILES string of the molecule is CCC(N)CS(=O)(=O)Cc1cccc(O)c1. The summed E-state index contributed by atoms with van der Waals surface area (Å²) in [5.74, 6) is -0.0127. The van der Waals surface area contributed by atoms with Crippen LogP contribution >= 0.6 is 0 Å². The maximum atomic E-state index is 11.7. The van der Waals surface area contributed by atoms with Gasteiger partial charge in [-0.25, -0.2) is 8.42 Å². The number of aromatic hydroxyl groups is 1. The molecule has 0 aromatic heterocycles. The van der Waals surface area contributed by atoms with Crippen molar-refractivity contribution in [3.8, 4) is 5.75 Å². The zero-order valence-electron chi connectivity index (χ0n) is 9.26. The van der Waals surface area contributed by atoms with Gasteiger partial charge in [-0.05, 0) is 24.1 Å².